The summed E-state index contributed by atoms with van der Waals surface area (Å²) in [5.74, 6) is 0. The molecule has 0 bridgehead atoms. The van der Waals surface area contributed by atoms with Crippen LogP contribution in [0.4, 0.5) is 11.4 Å². The van der Waals surface area contributed by atoms with Crippen LogP contribution in [0.25, 0.3) is 10.2 Å². The van der Waals surface area contributed by atoms with E-state index in [4.69, 9.17) is 12.2 Å². The SMILES string of the molecule is Cc1ccc(Nc2ccc3[nH]c(=S)sc3c2)cc1. The standard InChI is InChI=1S/C14H12N2S2/c1-9-2-4-10(5-3-9)15-11-6-7-12-13(8-11)18-14(17)16-12/h2-8,15H,1H3,(H,16,17). The van der Waals surface area contributed by atoms with Crippen molar-refractivity contribution in [2.45, 2.75) is 6.92 Å². The van der Waals surface area contributed by atoms with Crippen LogP contribution < -0.4 is 5.32 Å². The first-order valence-electron chi connectivity index (χ1n) is 5.67. The molecular weight excluding hydrogens is 260 g/mol. The largest absolute Gasteiger partial charge is 0.355 e. The maximum atomic E-state index is 5.14. The summed E-state index contributed by atoms with van der Waals surface area (Å²) in [5.41, 5.74) is 4.54. The molecule has 0 aliphatic carbocycles. The maximum absolute atomic E-state index is 5.14. The van der Waals surface area contributed by atoms with Crippen molar-refractivity contribution in [1.29, 1.82) is 0 Å². The number of H-pyrrole nitrogens is 1. The van der Waals surface area contributed by atoms with Crippen molar-refractivity contribution in [2.24, 2.45) is 0 Å². The second-order valence-electron chi connectivity index (χ2n) is 4.22. The van der Waals surface area contributed by atoms with E-state index in [1.807, 2.05) is 0 Å². The van der Waals surface area contributed by atoms with Gasteiger partial charge in [-0.2, -0.15) is 0 Å². The minimum absolute atomic E-state index is 0.817. The van der Waals surface area contributed by atoms with Crippen molar-refractivity contribution in [3.63, 3.8) is 0 Å². The molecule has 4 heteroatoms. The average Bonchev–Trinajstić information content (AvgIpc) is 2.71. The number of aromatic amines is 1. The molecule has 0 aliphatic rings. The number of fused-ring (bicyclic) bond motifs is 1. The summed E-state index contributed by atoms with van der Waals surface area (Å²) in [6, 6.07) is 14.6. The van der Waals surface area contributed by atoms with Gasteiger partial charge in [0.25, 0.3) is 0 Å². The van der Waals surface area contributed by atoms with Gasteiger partial charge in [-0.25, -0.2) is 0 Å². The molecule has 0 amide bonds. The molecule has 2 N–H and O–H groups in total. The minimum atomic E-state index is 0.817. The van der Waals surface area contributed by atoms with Crippen molar-refractivity contribution in [3.8, 4) is 0 Å². The molecule has 3 aromatic rings. The van der Waals surface area contributed by atoms with Crippen LogP contribution >= 0.6 is 23.6 Å². The molecule has 0 atom stereocenters. The number of nitrogens with one attached hydrogen (secondary N) is 2. The Morgan fingerprint density at radius 3 is 2.56 bits per heavy atom. The third-order valence-electron chi connectivity index (χ3n) is 2.76. The number of thiazole rings is 1. The molecule has 3 rings (SSSR count). The van der Waals surface area contributed by atoms with Crippen LogP contribution in [0.5, 0.6) is 0 Å². The fraction of sp³-hybridized carbons (Fsp3) is 0.0714. The van der Waals surface area contributed by atoms with Crippen molar-refractivity contribution >= 4 is 45.1 Å². The molecular formula is C14H12N2S2. The first-order chi connectivity index (χ1) is 8.70. The zero-order valence-corrected chi connectivity index (χ0v) is 11.5. The van der Waals surface area contributed by atoms with Gasteiger partial charge in [-0.15, -0.1) is 11.3 Å². The number of anilines is 2. The van der Waals surface area contributed by atoms with Crippen molar-refractivity contribution in [2.75, 3.05) is 5.32 Å². The van der Waals surface area contributed by atoms with Gasteiger partial charge in [0.2, 0.25) is 0 Å². The second-order valence-corrected chi connectivity index (χ2v) is 5.94. The molecule has 0 spiro atoms. The fourth-order valence-corrected chi connectivity index (χ4v) is 2.98. The molecule has 90 valence electrons. The number of hydrogen-bond acceptors (Lipinski definition) is 3. The van der Waals surface area contributed by atoms with Crippen LogP contribution in [0.1, 0.15) is 5.56 Å². The monoisotopic (exact) mass is 272 g/mol. The van der Waals surface area contributed by atoms with Crippen molar-refractivity contribution in [3.05, 3.63) is 52.0 Å². The Morgan fingerprint density at radius 2 is 1.78 bits per heavy atom. The Hall–Kier alpha value is -1.65. The molecule has 0 saturated heterocycles. The molecule has 0 radical (unpaired) electrons. The summed E-state index contributed by atoms with van der Waals surface area (Å²) in [6.07, 6.45) is 0. The van der Waals surface area contributed by atoms with Crippen LogP contribution in [0.15, 0.2) is 42.5 Å². The highest BCUT2D eigenvalue weighted by Gasteiger charge is 1.99. The van der Waals surface area contributed by atoms with Crippen LogP contribution in [-0.4, -0.2) is 4.98 Å². The average molecular weight is 272 g/mol. The highest BCUT2D eigenvalue weighted by Crippen LogP contribution is 2.25. The molecule has 0 fully saturated rings. The zero-order valence-electron chi connectivity index (χ0n) is 9.86. The molecule has 18 heavy (non-hydrogen) atoms. The molecule has 0 saturated carbocycles. The topological polar surface area (TPSA) is 27.8 Å². The Bertz CT molecular complexity index is 738. The molecule has 2 aromatic carbocycles. The van der Waals surface area contributed by atoms with Gasteiger partial charge in [0, 0.05) is 11.4 Å². The van der Waals surface area contributed by atoms with Crippen LogP contribution in [-0.2, 0) is 0 Å². The second kappa shape index (κ2) is 4.55. The van der Waals surface area contributed by atoms with E-state index in [1.54, 1.807) is 11.3 Å². The van der Waals surface area contributed by atoms with Gasteiger partial charge in [0.15, 0.2) is 3.95 Å². The number of aromatic nitrogens is 1. The highest BCUT2D eigenvalue weighted by atomic mass is 32.1. The van der Waals surface area contributed by atoms with Crippen LogP contribution in [0.3, 0.4) is 0 Å². The quantitative estimate of drug-likeness (QED) is 0.642. The lowest BCUT2D eigenvalue weighted by Crippen LogP contribution is -1.89. The summed E-state index contributed by atoms with van der Waals surface area (Å²) < 4.78 is 1.99. The van der Waals surface area contributed by atoms with E-state index in [-0.39, 0.29) is 0 Å². The summed E-state index contributed by atoms with van der Waals surface area (Å²) in [4.78, 5) is 3.16. The fourth-order valence-electron chi connectivity index (χ4n) is 1.83. The van der Waals surface area contributed by atoms with Gasteiger partial charge in [0.1, 0.15) is 0 Å². The van der Waals surface area contributed by atoms with Gasteiger partial charge in [0.05, 0.1) is 10.2 Å². The van der Waals surface area contributed by atoms with E-state index < -0.39 is 0 Å². The van der Waals surface area contributed by atoms with Crippen LogP contribution in [0.2, 0.25) is 0 Å². The smallest absolute Gasteiger partial charge is 0.159 e. The highest BCUT2D eigenvalue weighted by molar-refractivity contribution is 7.73. The predicted molar refractivity (Wildman–Crippen MR) is 81.5 cm³/mol. The molecule has 0 unspecified atom stereocenters. The lowest BCUT2D eigenvalue weighted by Gasteiger charge is -2.06. The normalized spacial score (nSPS) is 10.7. The third kappa shape index (κ3) is 2.30. The third-order valence-corrected chi connectivity index (χ3v) is 3.96. The number of aryl methyl sites for hydroxylation is 1. The Morgan fingerprint density at radius 1 is 1.06 bits per heavy atom. The van der Waals surface area contributed by atoms with E-state index in [0.717, 1.165) is 20.8 Å². The molecule has 2 nitrogen and oxygen atoms in total. The Balaban J connectivity index is 1.94. The van der Waals surface area contributed by atoms with E-state index in [0.29, 0.717) is 0 Å². The molecule has 1 heterocycles. The lowest BCUT2D eigenvalue weighted by atomic mass is 10.2. The van der Waals surface area contributed by atoms with Gasteiger partial charge < -0.3 is 10.3 Å². The van der Waals surface area contributed by atoms with Crippen LogP contribution in [0, 0.1) is 10.9 Å². The number of rotatable bonds is 2. The maximum Gasteiger partial charge on any atom is 0.159 e. The molecule has 1 aromatic heterocycles. The lowest BCUT2D eigenvalue weighted by molar-refractivity contribution is 1.45. The Labute approximate surface area is 114 Å². The van der Waals surface area contributed by atoms with Crippen molar-refractivity contribution in [1.82, 2.24) is 4.98 Å². The summed E-state index contributed by atoms with van der Waals surface area (Å²) in [7, 11) is 0. The van der Waals surface area contributed by atoms with Gasteiger partial charge in [-0.1, -0.05) is 17.7 Å². The first-order valence-corrected chi connectivity index (χ1v) is 6.90. The summed E-state index contributed by atoms with van der Waals surface area (Å²) in [5, 5.41) is 3.39. The van der Waals surface area contributed by atoms with E-state index in [2.05, 4.69) is 59.7 Å². The number of hydrogen-bond donors (Lipinski definition) is 2. The van der Waals surface area contributed by atoms with E-state index in [9.17, 15) is 0 Å². The van der Waals surface area contributed by atoms with E-state index >= 15 is 0 Å². The van der Waals surface area contributed by atoms with Gasteiger partial charge in [-0.05, 0) is 49.5 Å². The Kier molecular flexibility index (Phi) is 2.89. The predicted octanol–water partition coefficient (Wildman–Crippen LogP) is 5.01. The number of benzene rings is 2. The molecule has 0 aliphatic heterocycles. The summed E-state index contributed by atoms with van der Waals surface area (Å²) >= 11 is 6.74. The zero-order chi connectivity index (χ0) is 12.5. The van der Waals surface area contributed by atoms with Crippen molar-refractivity contribution < 1.29 is 0 Å². The first kappa shape index (κ1) is 11.4. The van der Waals surface area contributed by atoms with Gasteiger partial charge >= 0.3 is 0 Å². The minimum Gasteiger partial charge on any atom is -0.355 e. The summed E-state index contributed by atoms with van der Waals surface area (Å²) in [6.45, 7) is 2.09. The van der Waals surface area contributed by atoms with Gasteiger partial charge in [-0.3, -0.25) is 0 Å². The van der Waals surface area contributed by atoms with E-state index in [1.165, 1.54) is 10.3 Å².